The van der Waals surface area contributed by atoms with E-state index >= 15 is 0 Å². The number of carbonyl (C=O) groups is 1. The van der Waals surface area contributed by atoms with E-state index in [1.165, 1.54) is 12.8 Å². The number of amides is 1. The highest BCUT2D eigenvalue weighted by atomic mass is 16.1. The Morgan fingerprint density at radius 2 is 1.83 bits per heavy atom. The van der Waals surface area contributed by atoms with Crippen molar-refractivity contribution < 1.29 is 4.79 Å². The Kier molecular flexibility index (Phi) is 2.76. The SMILES string of the molecule is CNC(=O)C1CCC(C)(C)CC1. The molecule has 2 nitrogen and oxygen atoms in total. The molecule has 0 saturated heterocycles. The third-order valence-electron chi connectivity index (χ3n) is 2.96. The summed E-state index contributed by atoms with van der Waals surface area (Å²) in [5.74, 6) is 0.508. The van der Waals surface area contributed by atoms with Gasteiger partial charge in [0.2, 0.25) is 5.91 Å². The molecule has 0 aromatic rings. The summed E-state index contributed by atoms with van der Waals surface area (Å²) in [6.07, 6.45) is 4.50. The minimum absolute atomic E-state index is 0.227. The van der Waals surface area contributed by atoms with E-state index in [0.717, 1.165) is 12.8 Å². The van der Waals surface area contributed by atoms with Crippen LogP contribution in [0.15, 0.2) is 0 Å². The van der Waals surface area contributed by atoms with Crippen LogP contribution in [0.4, 0.5) is 0 Å². The van der Waals surface area contributed by atoms with Gasteiger partial charge in [-0.25, -0.2) is 0 Å². The number of rotatable bonds is 1. The molecule has 1 aliphatic carbocycles. The van der Waals surface area contributed by atoms with Crippen LogP contribution in [0.5, 0.6) is 0 Å². The van der Waals surface area contributed by atoms with E-state index in [1.54, 1.807) is 7.05 Å². The molecule has 0 spiro atoms. The van der Waals surface area contributed by atoms with Crippen molar-refractivity contribution in [3.8, 4) is 0 Å². The van der Waals surface area contributed by atoms with E-state index in [2.05, 4.69) is 19.2 Å². The van der Waals surface area contributed by atoms with Gasteiger partial charge >= 0.3 is 0 Å². The minimum Gasteiger partial charge on any atom is -0.359 e. The number of nitrogens with one attached hydrogen (secondary N) is 1. The maximum Gasteiger partial charge on any atom is 0.222 e. The fraction of sp³-hybridized carbons (Fsp3) is 0.900. The summed E-state index contributed by atoms with van der Waals surface area (Å²) in [5.41, 5.74) is 0.463. The molecular weight excluding hydrogens is 150 g/mol. The summed E-state index contributed by atoms with van der Waals surface area (Å²) in [6.45, 7) is 4.57. The normalized spacial score (nSPS) is 23.6. The van der Waals surface area contributed by atoms with Crippen molar-refractivity contribution in [1.82, 2.24) is 5.32 Å². The molecule has 1 N–H and O–H groups in total. The van der Waals surface area contributed by atoms with Gasteiger partial charge in [0.1, 0.15) is 0 Å². The standard InChI is InChI=1S/C10H19NO/c1-10(2)6-4-8(5-7-10)9(12)11-3/h8H,4-7H2,1-3H3,(H,11,12). The molecule has 0 radical (unpaired) electrons. The summed E-state index contributed by atoms with van der Waals surface area (Å²) < 4.78 is 0. The summed E-state index contributed by atoms with van der Waals surface area (Å²) in [6, 6.07) is 0. The molecule has 0 aromatic heterocycles. The Balaban J connectivity index is 2.41. The minimum atomic E-state index is 0.227. The van der Waals surface area contributed by atoms with Gasteiger partial charge in [0.15, 0.2) is 0 Å². The van der Waals surface area contributed by atoms with Crippen LogP contribution >= 0.6 is 0 Å². The average molecular weight is 169 g/mol. The molecule has 1 fully saturated rings. The monoisotopic (exact) mass is 169 g/mol. The molecule has 12 heavy (non-hydrogen) atoms. The third kappa shape index (κ3) is 2.23. The van der Waals surface area contributed by atoms with Gasteiger partial charge < -0.3 is 5.32 Å². The Morgan fingerprint density at radius 1 is 1.33 bits per heavy atom. The lowest BCUT2D eigenvalue weighted by atomic mass is 9.73. The van der Waals surface area contributed by atoms with Gasteiger partial charge in [-0.3, -0.25) is 4.79 Å². The molecule has 1 aliphatic rings. The average Bonchev–Trinajstić information content (AvgIpc) is 2.03. The van der Waals surface area contributed by atoms with Gasteiger partial charge in [-0.15, -0.1) is 0 Å². The lowest BCUT2D eigenvalue weighted by Crippen LogP contribution is -2.32. The van der Waals surface area contributed by atoms with Crippen molar-refractivity contribution in [2.75, 3.05) is 7.05 Å². The second kappa shape index (κ2) is 3.46. The first kappa shape index (κ1) is 9.56. The Labute approximate surface area is 74.7 Å². The molecule has 70 valence electrons. The molecule has 0 atom stereocenters. The second-order valence-electron chi connectivity index (χ2n) is 4.55. The number of carbonyl (C=O) groups excluding carboxylic acids is 1. The molecule has 0 aliphatic heterocycles. The Bertz CT molecular complexity index is 165. The molecule has 0 heterocycles. The first-order valence-electron chi connectivity index (χ1n) is 4.77. The number of hydrogen-bond acceptors (Lipinski definition) is 1. The zero-order valence-electron chi connectivity index (χ0n) is 8.31. The molecule has 1 rings (SSSR count). The van der Waals surface area contributed by atoms with Gasteiger partial charge in [0.05, 0.1) is 0 Å². The highest BCUT2D eigenvalue weighted by Gasteiger charge is 2.29. The Morgan fingerprint density at radius 3 is 2.25 bits per heavy atom. The topological polar surface area (TPSA) is 29.1 Å². The van der Waals surface area contributed by atoms with Crippen LogP contribution in [0.2, 0.25) is 0 Å². The van der Waals surface area contributed by atoms with Crippen molar-refractivity contribution in [2.45, 2.75) is 39.5 Å². The van der Waals surface area contributed by atoms with Crippen molar-refractivity contribution in [1.29, 1.82) is 0 Å². The van der Waals surface area contributed by atoms with Crippen molar-refractivity contribution in [2.24, 2.45) is 11.3 Å². The van der Waals surface area contributed by atoms with Crippen LogP contribution in [-0.4, -0.2) is 13.0 Å². The number of hydrogen-bond donors (Lipinski definition) is 1. The van der Waals surface area contributed by atoms with Crippen LogP contribution < -0.4 is 5.32 Å². The van der Waals surface area contributed by atoms with Crippen LogP contribution in [0, 0.1) is 11.3 Å². The first-order valence-corrected chi connectivity index (χ1v) is 4.77. The fourth-order valence-corrected chi connectivity index (χ4v) is 1.87. The molecule has 2 heteroatoms. The highest BCUT2D eigenvalue weighted by molar-refractivity contribution is 5.78. The van der Waals surface area contributed by atoms with E-state index in [-0.39, 0.29) is 11.8 Å². The van der Waals surface area contributed by atoms with Crippen LogP contribution in [-0.2, 0) is 4.79 Å². The molecular formula is C10H19NO. The van der Waals surface area contributed by atoms with E-state index < -0.39 is 0 Å². The van der Waals surface area contributed by atoms with E-state index in [9.17, 15) is 4.79 Å². The summed E-state index contributed by atoms with van der Waals surface area (Å²) in [7, 11) is 1.72. The predicted molar refractivity (Wildman–Crippen MR) is 49.8 cm³/mol. The van der Waals surface area contributed by atoms with Gasteiger partial charge in [0, 0.05) is 13.0 Å². The van der Waals surface area contributed by atoms with Crippen LogP contribution in [0.1, 0.15) is 39.5 Å². The van der Waals surface area contributed by atoms with Gasteiger partial charge in [-0.05, 0) is 31.1 Å². The van der Waals surface area contributed by atoms with Gasteiger partial charge in [0.25, 0.3) is 0 Å². The van der Waals surface area contributed by atoms with E-state index in [4.69, 9.17) is 0 Å². The van der Waals surface area contributed by atoms with Crippen LogP contribution in [0.3, 0.4) is 0 Å². The fourth-order valence-electron chi connectivity index (χ4n) is 1.87. The van der Waals surface area contributed by atoms with Crippen molar-refractivity contribution in [3.05, 3.63) is 0 Å². The molecule has 0 bridgehead atoms. The summed E-state index contributed by atoms with van der Waals surface area (Å²) in [4.78, 5) is 11.3. The molecule has 1 saturated carbocycles. The molecule has 0 unspecified atom stereocenters. The maximum absolute atomic E-state index is 11.3. The highest BCUT2D eigenvalue weighted by Crippen LogP contribution is 2.37. The van der Waals surface area contributed by atoms with Gasteiger partial charge in [-0.2, -0.15) is 0 Å². The molecule has 1 amide bonds. The van der Waals surface area contributed by atoms with E-state index in [1.807, 2.05) is 0 Å². The van der Waals surface area contributed by atoms with Crippen molar-refractivity contribution in [3.63, 3.8) is 0 Å². The lowest BCUT2D eigenvalue weighted by molar-refractivity contribution is -0.126. The quantitative estimate of drug-likeness (QED) is 0.638. The summed E-state index contributed by atoms with van der Waals surface area (Å²) >= 11 is 0. The zero-order chi connectivity index (χ0) is 9.19. The predicted octanol–water partition coefficient (Wildman–Crippen LogP) is 1.95. The van der Waals surface area contributed by atoms with Gasteiger partial charge in [-0.1, -0.05) is 13.8 Å². The zero-order valence-corrected chi connectivity index (χ0v) is 8.31. The summed E-state index contributed by atoms with van der Waals surface area (Å²) in [5, 5.41) is 2.72. The third-order valence-corrected chi connectivity index (χ3v) is 2.96. The largest absolute Gasteiger partial charge is 0.359 e. The second-order valence-corrected chi connectivity index (χ2v) is 4.55. The lowest BCUT2D eigenvalue weighted by Gasteiger charge is -2.33. The van der Waals surface area contributed by atoms with Crippen molar-refractivity contribution >= 4 is 5.91 Å². The Hall–Kier alpha value is -0.530. The maximum atomic E-state index is 11.3. The van der Waals surface area contributed by atoms with E-state index in [0.29, 0.717) is 5.41 Å². The first-order chi connectivity index (χ1) is 5.55. The smallest absolute Gasteiger partial charge is 0.222 e. The molecule has 0 aromatic carbocycles. The van der Waals surface area contributed by atoms with Crippen LogP contribution in [0.25, 0.3) is 0 Å².